The van der Waals surface area contributed by atoms with Crippen LogP contribution in [0.25, 0.3) is 0 Å². The van der Waals surface area contributed by atoms with Gasteiger partial charge in [-0.1, -0.05) is 13.8 Å². The maximum Gasteiger partial charge on any atom is 0.234 e. The number of aromatic nitrogens is 2. The summed E-state index contributed by atoms with van der Waals surface area (Å²) in [4.78, 5) is 8.36. The Balaban J connectivity index is 2.59. The van der Waals surface area contributed by atoms with Crippen molar-refractivity contribution in [2.45, 2.75) is 32.7 Å². The van der Waals surface area contributed by atoms with E-state index in [1.807, 2.05) is 0 Å². The van der Waals surface area contributed by atoms with E-state index in [1.165, 1.54) is 0 Å². The molecule has 0 saturated heterocycles. The van der Waals surface area contributed by atoms with Gasteiger partial charge in [0.1, 0.15) is 5.82 Å². The largest absolute Gasteiger partial charge is 0.477 e. The van der Waals surface area contributed by atoms with Crippen LogP contribution in [-0.4, -0.2) is 29.2 Å². The molecule has 1 aromatic rings. The van der Waals surface area contributed by atoms with Crippen molar-refractivity contribution in [3.63, 3.8) is 0 Å². The lowest BCUT2D eigenvalue weighted by Crippen LogP contribution is -2.28. The average Bonchev–Trinajstić information content (AvgIpc) is 2.34. The number of rotatable bonds is 7. The second-order valence-electron chi connectivity index (χ2n) is 3.58. The van der Waals surface area contributed by atoms with Crippen molar-refractivity contribution < 1.29 is 4.74 Å². The quantitative estimate of drug-likeness (QED) is 0.732. The van der Waals surface area contributed by atoms with Gasteiger partial charge in [0.2, 0.25) is 5.88 Å². The maximum atomic E-state index is 5.61. The molecule has 90 valence electrons. The lowest BCUT2D eigenvalue weighted by Gasteiger charge is -2.15. The summed E-state index contributed by atoms with van der Waals surface area (Å²) in [5.41, 5.74) is 5.61. The first kappa shape index (κ1) is 12.7. The third kappa shape index (κ3) is 4.02. The third-order valence-electron chi connectivity index (χ3n) is 2.20. The van der Waals surface area contributed by atoms with Crippen LogP contribution < -0.4 is 15.8 Å². The maximum absolute atomic E-state index is 5.61. The summed E-state index contributed by atoms with van der Waals surface area (Å²) in [6, 6.07) is 0.232. The normalized spacial score (nSPS) is 12.2. The van der Waals surface area contributed by atoms with Gasteiger partial charge in [-0.05, 0) is 12.8 Å². The van der Waals surface area contributed by atoms with Crippen molar-refractivity contribution in [1.82, 2.24) is 9.97 Å². The Kier molecular flexibility index (Phi) is 5.56. The smallest absolute Gasteiger partial charge is 0.234 e. The molecule has 5 nitrogen and oxygen atoms in total. The molecule has 1 unspecified atom stereocenters. The summed E-state index contributed by atoms with van der Waals surface area (Å²) < 4.78 is 5.40. The first-order chi connectivity index (χ1) is 7.80. The molecule has 5 heteroatoms. The van der Waals surface area contributed by atoms with Crippen LogP contribution in [0.5, 0.6) is 5.88 Å². The van der Waals surface area contributed by atoms with Crippen LogP contribution in [0, 0.1) is 0 Å². The van der Waals surface area contributed by atoms with E-state index in [1.54, 1.807) is 12.4 Å². The van der Waals surface area contributed by atoms with Crippen LogP contribution in [0.1, 0.15) is 26.7 Å². The van der Waals surface area contributed by atoms with Gasteiger partial charge in [-0.2, -0.15) is 4.98 Å². The molecule has 1 atom stereocenters. The van der Waals surface area contributed by atoms with Crippen molar-refractivity contribution in [3.05, 3.63) is 12.4 Å². The Morgan fingerprint density at radius 3 is 2.88 bits per heavy atom. The van der Waals surface area contributed by atoms with Crippen LogP contribution in [0.3, 0.4) is 0 Å². The predicted octanol–water partition coefficient (Wildman–Crippen LogP) is 1.41. The van der Waals surface area contributed by atoms with Crippen LogP contribution in [-0.2, 0) is 0 Å². The van der Waals surface area contributed by atoms with Gasteiger partial charge in [0, 0.05) is 12.6 Å². The summed E-state index contributed by atoms with van der Waals surface area (Å²) in [6.45, 7) is 5.37. The first-order valence-corrected chi connectivity index (χ1v) is 5.71. The van der Waals surface area contributed by atoms with Gasteiger partial charge in [-0.15, -0.1) is 0 Å². The molecule has 1 heterocycles. The summed E-state index contributed by atoms with van der Waals surface area (Å²) in [6.07, 6.45) is 5.21. The topological polar surface area (TPSA) is 73.1 Å². The molecule has 0 bridgehead atoms. The highest BCUT2D eigenvalue weighted by molar-refractivity contribution is 5.34. The zero-order chi connectivity index (χ0) is 11.8. The fraction of sp³-hybridized carbons (Fsp3) is 0.636. The minimum atomic E-state index is 0.232. The molecule has 1 rings (SSSR count). The fourth-order valence-corrected chi connectivity index (χ4v) is 1.23. The second-order valence-corrected chi connectivity index (χ2v) is 3.58. The standard InChI is InChI=1S/C11H20N4O/c1-3-5-16-11-8-13-7-10(15-11)14-9(4-2)6-12/h7-9H,3-6,12H2,1-2H3,(H,14,15). The fourth-order valence-electron chi connectivity index (χ4n) is 1.23. The van der Waals surface area contributed by atoms with Crippen molar-refractivity contribution >= 4 is 5.82 Å². The van der Waals surface area contributed by atoms with Crippen LogP contribution >= 0.6 is 0 Å². The predicted molar refractivity (Wildman–Crippen MR) is 64.6 cm³/mol. The minimum absolute atomic E-state index is 0.232. The Hall–Kier alpha value is -1.36. The Labute approximate surface area is 96.4 Å². The molecular formula is C11H20N4O. The van der Waals surface area contributed by atoms with Crippen LogP contribution in [0.4, 0.5) is 5.82 Å². The molecule has 0 aliphatic heterocycles. The summed E-state index contributed by atoms with van der Waals surface area (Å²) >= 11 is 0. The Bertz CT molecular complexity index is 302. The molecule has 3 N–H and O–H groups in total. The molecule has 0 amide bonds. The Morgan fingerprint density at radius 1 is 1.44 bits per heavy atom. The summed E-state index contributed by atoms with van der Waals surface area (Å²) in [5.74, 6) is 1.27. The van der Waals surface area contributed by atoms with E-state index >= 15 is 0 Å². The number of nitrogens with two attached hydrogens (primary N) is 1. The monoisotopic (exact) mass is 224 g/mol. The van der Waals surface area contributed by atoms with E-state index < -0.39 is 0 Å². The SMILES string of the molecule is CCCOc1cncc(NC(CC)CN)n1. The number of anilines is 1. The molecule has 0 aliphatic carbocycles. The molecule has 0 fully saturated rings. The highest BCUT2D eigenvalue weighted by Gasteiger charge is 2.05. The second kappa shape index (κ2) is 7.00. The van der Waals surface area contributed by atoms with E-state index in [0.29, 0.717) is 24.8 Å². The molecule has 0 aromatic carbocycles. The average molecular weight is 224 g/mol. The van der Waals surface area contributed by atoms with Crippen LogP contribution in [0.15, 0.2) is 12.4 Å². The van der Waals surface area contributed by atoms with Crippen LogP contribution in [0.2, 0.25) is 0 Å². The Morgan fingerprint density at radius 2 is 2.25 bits per heavy atom. The zero-order valence-electron chi connectivity index (χ0n) is 9.94. The summed E-state index contributed by atoms with van der Waals surface area (Å²) in [5, 5.41) is 3.22. The van der Waals surface area contributed by atoms with Gasteiger partial charge in [-0.25, -0.2) is 0 Å². The lowest BCUT2D eigenvalue weighted by molar-refractivity contribution is 0.304. The number of ether oxygens (including phenoxy) is 1. The van der Waals surface area contributed by atoms with E-state index in [4.69, 9.17) is 10.5 Å². The van der Waals surface area contributed by atoms with Gasteiger partial charge in [0.05, 0.1) is 19.0 Å². The van der Waals surface area contributed by atoms with Gasteiger partial charge in [-0.3, -0.25) is 4.98 Å². The van der Waals surface area contributed by atoms with Crippen molar-refractivity contribution in [1.29, 1.82) is 0 Å². The molecule has 0 aliphatic rings. The zero-order valence-corrected chi connectivity index (χ0v) is 9.94. The number of nitrogens with zero attached hydrogens (tertiary/aromatic N) is 2. The molecule has 0 saturated carbocycles. The molecule has 0 spiro atoms. The van der Waals surface area contributed by atoms with E-state index in [-0.39, 0.29) is 6.04 Å². The van der Waals surface area contributed by atoms with Crippen molar-refractivity contribution in [2.75, 3.05) is 18.5 Å². The molecule has 16 heavy (non-hydrogen) atoms. The van der Waals surface area contributed by atoms with Gasteiger partial charge < -0.3 is 15.8 Å². The first-order valence-electron chi connectivity index (χ1n) is 5.71. The molecule has 0 radical (unpaired) electrons. The third-order valence-corrected chi connectivity index (χ3v) is 2.20. The van der Waals surface area contributed by atoms with E-state index in [9.17, 15) is 0 Å². The molecule has 1 aromatic heterocycles. The highest BCUT2D eigenvalue weighted by atomic mass is 16.5. The van der Waals surface area contributed by atoms with Gasteiger partial charge in [0.25, 0.3) is 0 Å². The number of hydrogen-bond donors (Lipinski definition) is 2. The molecular weight excluding hydrogens is 204 g/mol. The lowest BCUT2D eigenvalue weighted by atomic mass is 10.2. The van der Waals surface area contributed by atoms with E-state index in [2.05, 4.69) is 29.1 Å². The minimum Gasteiger partial charge on any atom is -0.477 e. The number of hydrogen-bond acceptors (Lipinski definition) is 5. The van der Waals surface area contributed by atoms with Crippen molar-refractivity contribution in [2.24, 2.45) is 5.73 Å². The number of nitrogens with one attached hydrogen (secondary N) is 1. The van der Waals surface area contributed by atoms with E-state index in [0.717, 1.165) is 12.8 Å². The van der Waals surface area contributed by atoms with Gasteiger partial charge >= 0.3 is 0 Å². The summed E-state index contributed by atoms with van der Waals surface area (Å²) in [7, 11) is 0. The van der Waals surface area contributed by atoms with Gasteiger partial charge in [0.15, 0.2) is 0 Å². The highest BCUT2D eigenvalue weighted by Crippen LogP contribution is 2.10. The van der Waals surface area contributed by atoms with Crippen molar-refractivity contribution in [3.8, 4) is 5.88 Å².